The average Bonchev–Trinajstić information content (AvgIpc) is 2.87. The zero-order valence-electron chi connectivity index (χ0n) is 8.55. The van der Waals surface area contributed by atoms with Crippen molar-refractivity contribution in [2.45, 2.75) is 31.7 Å². The van der Waals surface area contributed by atoms with Gasteiger partial charge in [-0.15, -0.1) is 11.3 Å². The van der Waals surface area contributed by atoms with Crippen LogP contribution in [0.15, 0.2) is 11.6 Å². The van der Waals surface area contributed by atoms with Gasteiger partial charge in [-0.1, -0.05) is 6.92 Å². The first-order chi connectivity index (χ1) is 6.85. The lowest BCUT2D eigenvalue weighted by molar-refractivity contribution is 0.383. The highest BCUT2D eigenvalue weighted by atomic mass is 32.1. The number of hydrogen-bond donors (Lipinski definition) is 2. The van der Waals surface area contributed by atoms with Gasteiger partial charge in [-0.05, 0) is 25.8 Å². The summed E-state index contributed by atoms with van der Waals surface area (Å²) in [6, 6.07) is 0. The number of thiazole rings is 1. The Kier molecular flexibility index (Phi) is 3.03. The van der Waals surface area contributed by atoms with Crippen molar-refractivity contribution in [2.75, 3.05) is 18.4 Å². The SMILES string of the molecule is CCC1(CNc2nccs2)CCCN1. The predicted molar refractivity (Wildman–Crippen MR) is 60.9 cm³/mol. The van der Waals surface area contributed by atoms with Crippen LogP contribution in [0.5, 0.6) is 0 Å². The molecule has 2 heterocycles. The minimum Gasteiger partial charge on any atom is -0.360 e. The third kappa shape index (κ3) is 2.07. The molecule has 78 valence electrons. The maximum Gasteiger partial charge on any atom is 0.182 e. The molecule has 0 aliphatic carbocycles. The van der Waals surface area contributed by atoms with E-state index < -0.39 is 0 Å². The Morgan fingerprint density at radius 1 is 1.71 bits per heavy atom. The Hall–Kier alpha value is -0.610. The van der Waals surface area contributed by atoms with Crippen LogP contribution in [0.25, 0.3) is 0 Å². The number of rotatable bonds is 4. The van der Waals surface area contributed by atoms with Crippen molar-refractivity contribution in [3.63, 3.8) is 0 Å². The second-order valence-corrected chi connectivity index (χ2v) is 4.75. The van der Waals surface area contributed by atoms with E-state index in [4.69, 9.17) is 0 Å². The quantitative estimate of drug-likeness (QED) is 0.800. The standard InChI is InChI=1S/C10H17N3S/c1-2-10(4-3-5-13-10)8-12-9-11-6-7-14-9/h6-7,13H,2-5,8H2,1H3,(H,11,12). The van der Waals surface area contributed by atoms with Crippen molar-refractivity contribution in [3.8, 4) is 0 Å². The van der Waals surface area contributed by atoms with Gasteiger partial charge in [0, 0.05) is 23.7 Å². The fourth-order valence-electron chi connectivity index (χ4n) is 2.00. The van der Waals surface area contributed by atoms with Gasteiger partial charge in [0.2, 0.25) is 0 Å². The van der Waals surface area contributed by atoms with Gasteiger partial charge in [0.15, 0.2) is 5.13 Å². The number of hydrogen-bond acceptors (Lipinski definition) is 4. The van der Waals surface area contributed by atoms with E-state index in [-0.39, 0.29) is 0 Å². The molecule has 1 aliphatic heterocycles. The van der Waals surface area contributed by atoms with E-state index in [0.717, 1.165) is 18.2 Å². The molecule has 4 heteroatoms. The summed E-state index contributed by atoms with van der Waals surface area (Å²) in [7, 11) is 0. The van der Waals surface area contributed by atoms with Gasteiger partial charge in [-0.3, -0.25) is 0 Å². The van der Waals surface area contributed by atoms with Crippen LogP contribution in [-0.2, 0) is 0 Å². The van der Waals surface area contributed by atoms with E-state index in [1.165, 1.54) is 19.3 Å². The van der Waals surface area contributed by atoms with Crippen LogP contribution in [-0.4, -0.2) is 23.6 Å². The van der Waals surface area contributed by atoms with Gasteiger partial charge < -0.3 is 10.6 Å². The zero-order valence-corrected chi connectivity index (χ0v) is 9.36. The Morgan fingerprint density at radius 3 is 3.21 bits per heavy atom. The predicted octanol–water partition coefficient (Wildman–Crippen LogP) is 2.09. The van der Waals surface area contributed by atoms with Crippen molar-refractivity contribution >= 4 is 16.5 Å². The minimum atomic E-state index is 0.311. The summed E-state index contributed by atoms with van der Waals surface area (Å²) in [6.07, 6.45) is 5.61. The first-order valence-electron chi connectivity index (χ1n) is 5.23. The molecule has 1 saturated heterocycles. The fraction of sp³-hybridized carbons (Fsp3) is 0.700. The summed E-state index contributed by atoms with van der Waals surface area (Å²) in [5.74, 6) is 0. The molecule has 1 aromatic heterocycles. The Labute approximate surface area is 88.9 Å². The molecule has 0 saturated carbocycles. The maximum absolute atomic E-state index is 4.22. The summed E-state index contributed by atoms with van der Waals surface area (Å²) < 4.78 is 0. The van der Waals surface area contributed by atoms with Gasteiger partial charge in [0.25, 0.3) is 0 Å². The molecule has 0 radical (unpaired) electrons. The summed E-state index contributed by atoms with van der Waals surface area (Å²) in [5.41, 5.74) is 0.311. The smallest absolute Gasteiger partial charge is 0.182 e. The molecule has 3 nitrogen and oxygen atoms in total. The van der Waals surface area contributed by atoms with Crippen molar-refractivity contribution in [1.29, 1.82) is 0 Å². The molecule has 1 aliphatic rings. The molecule has 1 atom stereocenters. The third-order valence-electron chi connectivity index (χ3n) is 3.02. The van der Waals surface area contributed by atoms with Crippen LogP contribution >= 0.6 is 11.3 Å². The van der Waals surface area contributed by atoms with Crippen molar-refractivity contribution < 1.29 is 0 Å². The zero-order chi connectivity index (χ0) is 9.86. The van der Waals surface area contributed by atoms with Gasteiger partial charge in [0.05, 0.1) is 0 Å². The summed E-state index contributed by atoms with van der Waals surface area (Å²) in [4.78, 5) is 4.22. The van der Waals surface area contributed by atoms with E-state index in [2.05, 4.69) is 22.5 Å². The molecule has 1 aromatic rings. The normalized spacial score (nSPS) is 26.6. The Morgan fingerprint density at radius 2 is 2.64 bits per heavy atom. The summed E-state index contributed by atoms with van der Waals surface area (Å²) >= 11 is 1.67. The molecule has 1 fully saturated rings. The first-order valence-corrected chi connectivity index (χ1v) is 6.11. The van der Waals surface area contributed by atoms with E-state index in [9.17, 15) is 0 Å². The van der Waals surface area contributed by atoms with E-state index in [1.807, 2.05) is 11.6 Å². The molecular formula is C10H17N3S. The second-order valence-electron chi connectivity index (χ2n) is 3.86. The van der Waals surface area contributed by atoms with Crippen molar-refractivity contribution in [3.05, 3.63) is 11.6 Å². The maximum atomic E-state index is 4.22. The topological polar surface area (TPSA) is 37.0 Å². The highest BCUT2D eigenvalue weighted by Gasteiger charge is 2.31. The monoisotopic (exact) mass is 211 g/mol. The first kappa shape index (κ1) is 9.93. The number of aromatic nitrogens is 1. The fourth-order valence-corrected chi connectivity index (χ4v) is 2.53. The molecule has 0 bridgehead atoms. The van der Waals surface area contributed by atoms with E-state index in [1.54, 1.807) is 11.3 Å². The number of nitrogens with one attached hydrogen (secondary N) is 2. The van der Waals surface area contributed by atoms with Crippen LogP contribution in [0, 0.1) is 0 Å². The molecule has 1 unspecified atom stereocenters. The lowest BCUT2D eigenvalue weighted by Crippen LogP contribution is -2.45. The van der Waals surface area contributed by atoms with Crippen molar-refractivity contribution in [1.82, 2.24) is 10.3 Å². The van der Waals surface area contributed by atoms with Gasteiger partial charge >= 0.3 is 0 Å². The molecule has 14 heavy (non-hydrogen) atoms. The van der Waals surface area contributed by atoms with Gasteiger partial charge in [-0.2, -0.15) is 0 Å². The summed E-state index contributed by atoms with van der Waals surface area (Å²) in [5, 5.41) is 10.0. The van der Waals surface area contributed by atoms with E-state index >= 15 is 0 Å². The largest absolute Gasteiger partial charge is 0.360 e. The molecule has 2 N–H and O–H groups in total. The number of nitrogens with zero attached hydrogens (tertiary/aromatic N) is 1. The Bertz CT molecular complexity index is 265. The van der Waals surface area contributed by atoms with Crippen LogP contribution < -0.4 is 10.6 Å². The Balaban J connectivity index is 1.89. The average molecular weight is 211 g/mol. The van der Waals surface area contributed by atoms with Crippen LogP contribution in [0.2, 0.25) is 0 Å². The van der Waals surface area contributed by atoms with Crippen LogP contribution in [0.1, 0.15) is 26.2 Å². The lowest BCUT2D eigenvalue weighted by atomic mass is 9.94. The number of anilines is 1. The minimum absolute atomic E-state index is 0.311. The van der Waals surface area contributed by atoms with Crippen LogP contribution in [0.4, 0.5) is 5.13 Å². The third-order valence-corrected chi connectivity index (χ3v) is 3.75. The highest BCUT2D eigenvalue weighted by Crippen LogP contribution is 2.23. The highest BCUT2D eigenvalue weighted by molar-refractivity contribution is 7.13. The van der Waals surface area contributed by atoms with Gasteiger partial charge in [-0.25, -0.2) is 4.98 Å². The molecule has 0 amide bonds. The summed E-state index contributed by atoms with van der Waals surface area (Å²) in [6.45, 7) is 4.41. The van der Waals surface area contributed by atoms with Crippen LogP contribution in [0.3, 0.4) is 0 Å². The van der Waals surface area contributed by atoms with E-state index in [0.29, 0.717) is 5.54 Å². The van der Waals surface area contributed by atoms with Gasteiger partial charge in [0.1, 0.15) is 0 Å². The second kappa shape index (κ2) is 4.28. The molecule has 2 rings (SSSR count). The molecular weight excluding hydrogens is 194 g/mol. The van der Waals surface area contributed by atoms with Crippen molar-refractivity contribution in [2.24, 2.45) is 0 Å². The molecule has 0 spiro atoms. The lowest BCUT2D eigenvalue weighted by Gasteiger charge is -2.28. The molecule has 0 aromatic carbocycles.